The molecule has 0 bridgehead atoms. The number of nitrogens with two attached hydrogens (primary N) is 1. The van der Waals surface area contributed by atoms with Crippen molar-refractivity contribution < 1.29 is 4.42 Å². The van der Waals surface area contributed by atoms with E-state index in [-0.39, 0.29) is 5.41 Å². The fourth-order valence-corrected chi connectivity index (χ4v) is 1.23. The van der Waals surface area contributed by atoms with E-state index in [1.54, 1.807) is 0 Å². The zero-order valence-corrected chi connectivity index (χ0v) is 8.98. The van der Waals surface area contributed by atoms with Gasteiger partial charge in [-0.1, -0.05) is 20.8 Å². The molecule has 0 aliphatic rings. The minimum Gasteiger partial charge on any atom is -0.465 e. The van der Waals surface area contributed by atoms with E-state index < -0.39 is 0 Å². The summed E-state index contributed by atoms with van der Waals surface area (Å²) >= 11 is 0. The zero-order chi connectivity index (χ0) is 10.1. The Hall–Kier alpha value is -0.760. The van der Waals surface area contributed by atoms with Gasteiger partial charge in [0, 0.05) is 17.5 Å². The van der Waals surface area contributed by atoms with Crippen molar-refractivity contribution >= 4 is 0 Å². The molecule has 1 rings (SSSR count). The molecular formula is C11H19NO. The molecule has 0 atom stereocenters. The molecular weight excluding hydrogens is 162 g/mol. The molecule has 0 radical (unpaired) electrons. The number of rotatable bonds is 3. The molecule has 2 N–H and O–H groups in total. The van der Waals surface area contributed by atoms with Crippen molar-refractivity contribution in [3.05, 3.63) is 23.2 Å². The summed E-state index contributed by atoms with van der Waals surface area (Å²) in [6.07, 6.45) is 1.07. The Bertz CT molecular complexity index is 286. The van der Waals surface area contributed by atoms with Crippen LogP contribution in [0.4, 0.5) is 0 Å². The van der Waals surface area contributed by atoms with Crippen molar-refractivity contribution in [3.63, 3.8) is 0 Å². The van der Waals surface area contributed by atoms with Crippen molar-refractivity contribution in [2.75, 3.05) is 0 Å². The van der Waals surface area contributed by atoms with E-state index in [4.69, 9.17) is 10.2 Å². The second-order valence-electron chi connectivity index (χ2n) is 4.13. The van der Waals surface area contributed by atoms with E-state index in [9.17, 15) is 0 Å². The summed E-state index contributed by atoms with van der Waals surface area (Å²) in [5.41, 5.74) is 6.83. The maximum atomic E-state index is 5.68. The molecule has 1 aromatic heterocycles. The van der Waals surface area contributed by atoms with Gasteiger partial charge in [-0.05, 0) is 19.4 Å². The number of furan rings is 1. The molecule has 0 spiro atoms. The Kier molecular flexibility index (Phi) is 2.81. The lowest BCUT2D eigenvalue weighted by molar-refractivity contribution is 0.364. The maximum absolute atomic E-state index is 5.68. The monoisotopic (exact) mass is 181 g/mol. The minimum absolute atomic E-state index is 0.123. The van der Waals surface area contributed by atoms with Crippen molar-refractivity contribution in [1.29, 1.82) is 0 Å². The van der Waals surface area contributed by atoms with Crippen LogP contribution in [0.5, 0.6) is 0 Å². The lowest BCUT2D eigenvalue weighted by Gasteiger charge is -2.18. The first-order chi connectivity index (χ1) is 6.01. The quantitative estimate of drug-likeness (QED) is 0.778. The molecule has 1 heterocycles. The van der Waals surface area contributed by atoms with E-state index >= 15 is 0 Å². The molecule has 0 aliphatic carbocycles. The normalized spacial score (nSPS) is 12.1. The number of hydrogen-bond donors (Lipinski definition) is 1. The van der Waals surface area contributed by atoms with Gasteiger partial charge in [-0.2, -0.15) is 0 Å². The Balaban J connectivity index is 3.03. The van der Waals surface area contributed by atoms with Gasteiger partial charge in [-0.15, -0.1) is 0 Å². The highest BCUT2D eigenvalue weighted by Gasteiger charge is 2.23. The van der Waals surface area contributed by atoms with Crippen LogP contribution in [0, 0.1) is 6.92 Å². The summed E-state index contributed by atoms with van der Waals surface area (Å²) < 4.78 is 5.68. The first-order valence-corrected chi connectivity index (χ1v) is 4.81. The van der Waals surface area contributed by atoms with Gasteiger partial charge in [0.2, 0.25) is 0 Å². The van der Waals surface area contributed by atoms with Crippen LogP contribution in [0.25, 0.3) is 0 Å². The molecule has 2 heteroatoms. The van der Waals surface area contributed by atoms with Gasteiger partial charge in [0.05, 0.1) is 0 Å². The average molecular weight is 181 g/mol. The van der Waals surface area contributed by atoms with Gasteiger partial charge in [0.15, 0.2) is 0 Å². The van der Waals surface area contributed by atoms with E-state index in [0.29, 0.717) is 6.54 Å². The largest absolute Gasteiger partial charge is 0.465 e. The smallest absolute Gasteiger partial charge is 0.110 e. The fourth-order valence-electron chi connectivity index (χ4n) is 1.23. The molecule has 0 unspecified atom stereocenters. The SMILES string of the molecule is CCC(C)(C)c1cc(CN)c(C)o1. The first-order valence-electron chi connectivity index (χ1n) is 4.81. The summed E-state index contributed by atoms with van der Waals surface area (Å²) in [5.74, 6) is 2.01. The van der Waals surface area contributed by atoms with Crippen LogP contribution in [0.3, 0.4) is 0 Å². The van der Waals surface area contributed by atoms with Gasteiger partial charge < -0.3 is 10.2 Å². The summed E-state index contributed by atoms with van der Waals surface area (Å²) in [5, 5.41) is 0. The first kappa shape index (κ1) is 10.3. The van der Waals surface area contributed by atoms with Gasteiger partial charge in [-0.3, -0.25) is 0 Å². The van der Waals surface area contributed by atoms with E-state index in [1.807, 2.05) is 6.92 Å². The molecule has 0 aliphatic heterocycles. The van der Waals surface area contributed by atoms with Crippen LogP contribution >= 0.6 is 0 Å². The maximum Gasteiger partial charge on any atom is 0.110 e. The molecule has 74 valence electrons. The average Bonchev–Trinajstić information content (AvgIpc) is 2.47. The third kappa shape index (κ3) is 1.94. The Morgan fingerprint density at radius 1 is 1.46 bits per heavy atom. The Morgan fingerprint density at radius 3 is 2.46 bits per heavy atom. The molecule has 2 nitrogen and oxygen atoms in total. The fraction of sp³-hybridized carbons (Fsp3) is 0.636. The number of hydrogen-bond acceptors (Lipinski definition) is 2. The molecule has 1 aromatic rings. The highest BCUT2D eigenvalue weighted by atomic mass is 16.3. The predicted octanol–water partition coefficient (Wildman–Crippen LogP) is 2.73. The molecule has 0 saturated heterocycles. The van der Waals surface area contributed by atoms with Gasteiger partial charge >= 0.3 is 0 Å². The molecule has 0 fully saturated rings. The van der Waals surface area contributed by atoms with Crippen LogP contribution in [-0.2, 0) is 12.0 Å². The second-order valence-corrected chi connectivity index (χ2v) is 4.13. The van der Waals surface area contributed by atoms with Gasteiger partial charge in [0.25, 0.3) is 0 Å². The van der Waals surface area contributed by atoms with E-state index in [1.165, 1.54) is 0 Å². The summed E-state index contributed by atoms with van der Waals surface area (Å²) in [7, 11) is 0. The van der Waals surface area contributed by atoms with Crippen LogP contribution in [0.1, 0.15) is 44.3 Å². The summed E-state index contributed by atoms with van der Waals surface area (Å²) in [6, 6.07) is 2.08. The van der Waals surface area contributed by atoms with Crippen molar-refractivity contribution in [2.24, 2.45) is 5.73 Å². The van der Waals surface area contributed by atoms with E-state index in [0.717, 1.165) is 23.5 Å². The predicted molar refractivity (Wildman–Crippen MR) is 54.7 cm³/mol. The third-order valence-electron chi connectivity index (χ3n) is 2.79. The van der Waals surface area contributed by atoms with Crippen molar-refractivity contribution in [3.8, 4) is 0 Å². The highest BCUT2D eigenvalue weighted by molar-refractivity contribution is 5.24. The van der Waals surface area contributed by atoms with Crippen LogP contribution in [-0.4, -0.2) is 0 Å². The highest BCUT2D eigenvalue weighted by Crippen LogP contribution is 2.29. The van der Waals surface area contributed by atoms with Crippen LogP contribution < -0.4 is 5.73 Å². The molecule has 0 amide bonds. The van der Waals surface area contributed by atoms with Crippen LogP contribution in [0.15, 0.2) is 10.5 Å². The van der Waals surface area contributed by atoms with E-state index in [2.05, 4.69) is 26.8 Å². The number of aryl methyl sites for hydroxylation is 1. The lowest BCUT2D eigenvalue weighted by atomic mass is 9.87. The Morgan fingerprint density at radius 2 is 2.08 bits per heavy atom. The summed E-state index contributed by atoms with van der Waals surface area (Å²) in [4.78, 5) is 0. The lowest BCUT2D eigenvalue weighted by Crippen LogP contribution is -2.14. The standard InChI is InChI=1S/C11H19NO/c1-5-11(3,4)10-6-9(7-12)8(2)13-10/h6H,5,7,12H2,1-4H3. The van der Waals surface area contributed by atoms with Crippen molar-refractivity contribution in [2.45, 2.75) is 46.1 Å². The topological polar surface area (TPSA) is 39.2 Å². The summed E-state index contributed by atoms with van der Waals surface area (Å²) in [6.45, 7) is 9.07. The minimum atomic E-state index is 0.123. The molecule has 13 heavy (non-hydrogen) atoms. The van der Waals surface area contributed by atoms with Crippen LogP contribution in [0.2, 0.25) is 0 Å². The zero-order valence-electron chi connectivity index (χ0n) is 8.98. The third-order valence-corrected chi connectivity index (χ3v) is 2.79. The van der Waals surface area contributed by atoms with Crippen molar-refractivity contribution in [1.82, 2.24) is 0 Å². The molecule has 0 saturated carbocycles. The Labute approximate surface area is 80.1 Å². The van der Waals surface area contributed by atoms with Gasteiger partial charge in [0.1, 0.15) is 11.5 Å². The van der Waals surface area contributed by atoms with Gasteiger partial charge in [-0.25, -0.2) is 0 Å². The second kappa shape index (κ2) is 3.54. The molecule has 0 aromatic carbocycles.